The molecule has 12 heavy (non-hydrogen) atoms. The molecule has 1 nitrogen and oxygen atoms in total. The third-order valence-electron chi connectivity index (χ3n) is 1.68. The van der Waals surface area contributed by atoms with Crippen molar-refractivity contribution in [1.29, 1.82) is 0 Å². The summed E-state index contributed by atoms with van der Waals surface area (Å²) in [6.45, 7) is 3.78. The highest BCUT2D eigenvalue weighted by atomic mass is 35.5. The van der Waals surface area contributed by atoms with Crippen LogP contribution in [0.3, 0.4) is 0 Å². The highest BCUT2D eigenvalue weighted by Gasteiger charge is 2.11. The molecule has 0 spiro atoms. The van der Waals surface area contributed by atoms with Gasteiger partial charge in [-0.3, -0.25) is 0 Å². The minimum absolute atomic E-state index is 0.0816. The standard InChI is InChI=1S/C9H11ClFN/c1-5(2)9-7(10)3-6(12)4-8(9)11/h3-5H,12H2,1-2H3. The number of anilines is 1. The van der Waals surface area contributed by atoms with Gasteiger partial charge >= 0.3 is 0 Å². The Hall–Kier alpha value is -0.760. The molecule has 1 aromatic rings. The summed E-state index contributed by atoms with van der Waals surface area (Å²) in [7, 11) is 0. The van der Waals surface area contributed by atoms with Crippen LogP contribution in [0.5, 0.6) is 0 Å². The van der Waals surface area contributed by atoms with Crippen LogP contribution in [0.15, 0.2) is 12.1 Å². The van der Waals surface area contributed by atoms with E-state index in [0.29, 0.717) is 16.3 Å². The Bertz CT molecular complexity index is 274. The molecule has 0 amide bonds. The summed E-state index contributed by atoms with van der Waals surface area (Å²) in [5.74, 6) is -0.242. The highest BCUT2D eigenvalue weighted by Crippen LogP contribution is 2.28. The second-order valence-corrected chi connectivity index (χ2v) is 3.46. The predicted octanol–water partition coefficient (Wildman–Crippen LogP) is 3.18. The highest BCUT2D eigenvalue weighted by molar-refractivity contribution is 6.31. The number of rotatable bonds is 1. The summed E-state index contributed by atoms with van der Waals surface area (Å²) >= 11 is 5.81. The molecule has 0 heterocycles. The van der Waals surface area contributed by atoms with Crippen LogP contribution in [0, 0.1) is 5.82 Å². The smallest absolute Gasteiger partial charge is 0.130 e. The van der Waals surface area contributed by atoms with Gasteiger partial charge in [0.1, 0.15) is 5.82 Å². The number of nitrogens with two attached hydrogens (primary N) is 1. The van der Waals surface area contributed by atoms with Crippen LogP contribution in [0.25, 0.3) is 0 Å². The van der Waals surface area contributed by atoms with E-state index in [1.807, 2.05) is 13.8 Å². The van der Waals surface area contributed by atoms with Crippen molar-refractivity contribution >= 4 is 17.3 Å². The van der Waals surface area contributed by atoms with E-state index in [2.05, 4.69) is 0 Å². The third kappa shape index (κ3) is 1.69. The molecule has 0 bridgehead atoms. The number of benzene rings is 1. The van der Waals surface area contributed by atoms with Gasteiger partial charge < -0.3 is 5.73 Å². The fourth-order valence-corrected chi connectivity index (χ4v) is 1.59. The van der Waals surface area contributed by atoms with Crippen molar-refractivity contribution in [3.05, 3.63) is 28.5 Å². The maximum Gasteiger partial charge on any atom is 0.130 e. The lowest BCUT2D eigenvalue weighted by Gasteiger charge is -2.09. The molecule has 3 heteroatoms. The summed E-state index contributed by atoms with van der Waals surface area (Å²) in [5, 5.41) is 0.405. The van der Waals surface area contributed by atoms with Gasteiger partial charge in [-0.15, -0.1) is 0 Å². The summed E-state index contributed by atoms with van der Waals surface area (Å²) in [6, 6.07) is 2.86. The molecule has 2 N–H and O–H groups in total. The van der Waals surface area contributed by atoms with E-state index in [4.69, 9.17) is 17.3 Å². The molecule has 0 fully saturated rings. The summed E-state index contributed by atoms with van der Waals surface area (Å²) in [5.41, 5.74) is 6.30. The van der Waals surface area contributed by atoms with Gasteiger partial charge in [0.05, 0.1) is 0 Å². The monoisotopic (exact) mass is 187 g/mol. The third-order valence-corrected chi connectivity index (χ3v) is 1.99. The normalized spacial score (nSPS) is 10.8. The van der Waals surface area contributed by atoms with E-state index in [1.54, 1.807) is 6.07 Å². The van der Waals surface area contributed by atoms with Crippen molar-refractivity contribution in [2.75, 3.05) is 5.73 Å². The summed E-state index contributed by atoms with van der Waals surface area (Å²) < 4.78 is 13.2. The number of hydrogen-bond acceptors (Lipinski definition) is 1. The molecule has 0 aliphatic rings. The second-order valence-electron chi connectivity index (χ2n) is 3.05. The lowest BCUT2D eigenvalue weighted by atomic mass is 10.0. The van der Waals surface area contributed by atoms with E-state index in [9.17, 15) is 4.39 Å². The Kier molecular flexibility index (Phi) is 2.58. The minimum atomic E-state index is -0.324. The first-order valence-corrected chi connectivity index (χ1v) is 4.14. The molecular formula is C9H11ClFN. The number of hydrogen-bond donors (Lipinski definition) is 1. The molecule has 0 unspecified atom stereocenters. The SMILES string of the molecule is CC(C)c1c(F)cc(N)cc1Cl. The molecule has 0 aromatic heterocycles. The van der Waals surface area contributed by atoms with Crippen LogP contribution in [-0.4, -0.2) is 0 Å². The zero-order chi connectivity index (χ0) is 9.30. The summed E-state index contributed by atoms with van der Waals surface area (Å²) in [4.78, 5) is 0. The molecule has 1 aromatic carbocycles. The quantitative estimate of drug-likeness (QED) is 0.672. The zero-order valence-corrected chi connectivity index (χ0v) is 7.82. The largest absolute Gasteiger partial charge is 0.399 e. The Morgan fingerprint density at radius 3 is 2.42 bits per heavy atom. The fraction of sp³-hybridized carbons (Fsp3) is 0.333. The fourth-order valence-electron chi connectivity index (χ4n) is 1.16. The topological polar surface area (TPSA) is 26.0 Å². The van der Waals surface area contributed by atoms with Gasteiger partial charge in [0.15, 0.2) is 0 Å². The van der Waals surface area contributed by atoms with Crippen molar-refractivity contribution < 1.29 is 4.39 Å². The first-order chi connectivity index (χ1) is 5.52. The molecule has 0 radical (unpaired) electrons. The van der Waals surface area contributed by atoms with E-state index in [-0.39, 0.29) is 11.7 Å². The first kappa shape index (κ1) is 9.33. The first-order valence-electron chi connectivity index (χ1n) is 3.76. The van der Waals surface area contributed by atoms with E-state index in [1.165, 1.54) is 6.07 Å². The predicted molar refractivity (Wildman–Crippen MR) is 49.9 cm³/mol. The Labute approximate surface area is 76.3 Å². The molecule has 0 atom stereocenters. The van der Waals surface area contributed by atoms with Crippen LogP contribution in [0.1, 0.15) is 25.3 Å². The van der Waals surface area contributed by atoms with Crippen molar-refractivity contribution in [2.45, 2.75) is 19.8 Å². The molecular weight excluding hydrogens is 177 g/mol. The molecule has 0 saturated carbocycles. The number of nitrogen functional groups attached to an aromatic ring is 1. The van der Waals surface area contributed by atoms with Gasteiger partial charge in [0, 0.05) is 16.3 Å². The van der Waals surface area contributed by atoms with Gasteiger partial charge in [-0.1, -0.05) is 25.4 Å². The van der Waals surface area contributed by atoms with E-state index >= 15 is 0 Å². The van der Waals surface area contributed by atoms with Crippen LogP contribution < -0.4 is 5.73 Å². The second kappa shape index (κ2) is 3.31. The van der Waals surface area contributed by atoms with Crippen LogP contribution in [0.2, 0.25) is 5.02 Å². The summed E-state index contributed by atoms with van der Waals surface area (Å²) in [6.07, 6.45) is 0. The molecule has 66 valence electrons. The molecule has 0 aliphatic carbocycles. The maximum atomic E-state index is 13.2. The van der Waals surface area contributed by atoms with Gasteiger partial charge in [-0.05, 0) is 18.1 Å². The Morgan fingerprint density at radius 2 is 2.00 bits per heavy atom. The van der Waals surface area contributed by atoms with Crippen molar-refractivity contribution in [2.24, 2.45) is 0 Å². The number of halogens is 2. The average molecular weight is 188 g/mol. The van der Waals surface area contributed by atoms with Crippen LogP contribution >= 0.6 is 11.6 Å². The maximum absolute atomic E-state index is 13.2. The van der Waals surface area contributed by atoms with Crippen molar-refractivity contribution in [1.82, 2.24) is 0 Å². The lowest BCUT2D eigenvalue weighted by Crippen LogP contribution is -1.96. The lowest BCUT2D eigenvalue weighted by molar-refractivity contribution is 0.599. The van der Waals surface area contributed by atoms with Crippen molar-refractivity contribution in [3.63, 3.8) is 0 Å². The molecule has 0 aliphatic heterocycles. The van der Waals surface area contributed by atoms with E-state index in [0.717, 1.165) is 0 Å². The van der Waals surface area contributed by atoms with Crippen LogP contribution in [0.4, 0.5) is 10.1 Å². The molecule has 1 rings (SSSR count). The average Bonchev–Trinajstić information content (AvgIpc) is 1.82. The Morgan fingerprint density at radius 1 is 1.42 bits per heavy atom. The zero-order valence-electron chi connectivity index (χ0n) is 7.07. The van der Waals surface area contributed by atoms with Gasteiger partial charge in [0.25, 0.3) is 0 Å². The molecule has 0 saturated heterocycles. The van der Waals surface area contributed by atoms with Gasteiger partial charge in [-0.25, -0.2) is 4.39 Å². The van der Waals surface area contributed by atoms with Gasteiger partial charge in [-0.2, -0.15) is 0 Å². The minimum Gasteiger partial charge on any atom is -0.399 e. The Balaban J connectivity index is 3.28. The van der Waals surface area contributed by atoms with Crippen molar-refractivity contribution in [3.8, 4) is 0 Å². The van der Waals surface area contributed by atoms with Gasteiger partial charge in [0.2, 0.25) is 0 Å². The van der Waals surface area contributed by atoms with E-state index < -0.39 is 0 Å². The van der Waals surface area contributed by atoms with Crippen LogP contribution in [-0.2, 0) is 0 Å².